The first-order valence-electron chi connectivity index (χ1n) is 5.62. The van der Waals surface area contributed by atoms with Crippen LogP contribution in [0.3, 0.4) is 0 Å². The van der Waals surface area contributed by atoms with Gasteiger partial charge in [-0.15, -0.1) is 0 Å². The van der Waals surface area contributed by atoms with Gasteiger partial charge >= 0.3 is 0 Å². The van der Waals surface area contributed by atoms with Crippen LogP contribution in [0.2, 0.25) is 0 Å². The highest BCUT2D eigenvalue weighted by Crippen LogP contribution is 2.16. The van der Waals surface area contributed by atoms with E-state index in [4.69, 9.17) is 4.42 Å². The summed E-state index contributed by atoms with van der Waals surface area (Å²) < 4.78 is 5.81. The molecule has 0 radical (unpaired) electrons. The van der Waals surface area contributed by atoms with Crippen LogP contribution in [0.4, 0.5) is 0 Å². The van der Waals surface area contributed by atoms with Gasteiger partial charge in [-0.1, -0.05) is 29.8 Å². The first kappa shape index (κ1) is 12.9. The summed E-state index contributed by atoms with van der Waals surface area (Å²) in [5, 5.41) is 0. The molecule has 4 heteroatoms. The van der Waals surface area contributed by atoms with Gasteiger partial charge in [-0.25, -0.2) is 0 Å². The lowest BCUT2D eigenvalue weighted by atomic mass is 10.1. The van der Waals surface area contributed by atoms with Gasteiger partial charge in [0.2, 0.25) is 0 Å². The predicted molar refractivity (Wildman–Crippen MR) is 73.4 cm³/mol. The molecule has 1 amide bonds. The highest BCUT2D eigenvalue weighted by molar-refractivity contribution is 9.10. The van der Waals surface area contributed by atoms with E-state index >= 15 is 0 Å². The fraction of sp³-hybridized carbons (Fsp3) is 0.214. The van der Waals surface area contributed by atoms with Crippen LogP contribution < -0.4 is 0 Å². The van der Waals surface area contributed by atoms with Gasteiger partial charge in [0.1, 0.15) is 0 Å². The first-order chi connectivity index (χ1) is 8.56. The Kier molecular flexibility index (Phi) is 3.87. The molecule has 2 aromatic rings. The van der Waals surface area contributed by atoms with Crippen LogP contribution in [0.25, 0.3) is 0 Å². The third-order valence-corrected chi connectivity index (χ3v) is 3.10. The van der Waals surface area contributed by atoms with Gasteiger partial charge < -0.3 is 9.32 Å². The summed E-state index contributed by atoms with van der Waals surface area (Å²) in [6, 6.07) is 11.5. The second-order valence-electron chi connectivity index (χ2n) is 4.25. The molecular formula is C14H14BrNO2. The highest BCUT2D eigenvalue weighted by Gasteiger charge is 2.15. The van der Waals surface area contributed by atoms with Crippen molar-refractivity contribution in [2.24, 2.45) is 0 Å². The predicted octanol–water partition coefficient (Wildman–Crippen LogP) is 3.62. The first-order valence-corrected chi connectivity index (χ1v) is 6.42. The molecular weight excluding hydrogens is 294 g/mol. The molecule has 18 heavy (non-hydrogen) atoms. The molecule has 0 aliphatic rings. The number of carbonyl (C=O) groups is 1. The maximum Gasteiger partial charge on any atom is 0.289 e. The smallest absolute Gasteiger partial charge is 0.289 e. The van der Waals surface area contributed by atoms with Crippen molar-refractivity contribution in [3.8, 4) is 0 Å². The van der Waals surface area contributed by atoms with Crippen molar-refractivity contribution in [1.29, 1.82) is 0 Å². The largest absolute Gasteiger partial charge is 0.444 e. The Labute approximate surface area is 115 Å². The van der Waals surface area contributed by atoms with E-state index < -0.39 is 0 Å². The summed E-state index contributed by atoms with van der Waals surface area (Å²) in [6.07, 6.45) is 0. The lowest BCUT2D eigenvalue weighted by Crippen LogP contribution is -2.25. The minimum Gasteiger partial charge on any atom is -0.444 e. The molecule has 0 fully saturated rings. The van der Waals surface area contributed by atoms with E-state index in [0.717, 1.165) is 5.56 Å². The SMILES string of the molecule is Cc1ccc(CN(C)C(=O)c2ccc(Br)o2)cc1. The van der Waals surface area contributed by atoms with E-state index in [-0.39, 0.29) is 5.91 Å². The summed E-state index contributed by atoms with van der Waals surface area (Å²) in [4.78, 5) is 13.7. The van der Waals surface area contributed by atoms with Crippen molar-refractivity contribution in [3.63, 3.8) is 0 Å². The Hall–Kier alpha value is -1.55. The normalized spacial score (nSPS) is 10.4. The number of nitrogens with zero attached hydrogens (tertiary/aromatic N) is 1. The van der Waals surface area contributed by atoms with Gasteiger partial charge in [0.25, 0.3) is 5.91 Å². The minimum absolute atomic E-state index is 0.124. The molecule has 0 saturated carbocycles. The molecule has 1 heterocycles. The third kappa shape index (κ3) is 3.01. The number of hydrogen-bond acceptors (Lipinski definition) is 2. The maximum atomic E-state index is 12.0. The second-order valence-corrected chi connectivity index (χ2v) is 5.03. The van der Waals surface area contributed by atoms with E-state index in [9.17, 15) is 4.79 Å². The Balaban J connectivity index is 2.05. The van der Waals surface area contributed by atoms with Gasteiger partial charge in [-0.05, 0) is 40.5 Å². The number of halogens is 1. The quantitative estimate of drug-likeness (QED) is 0.867. The van der Waals surface area contributed by atoms with Crippen LogP contribution in [-0.2, 0) is 6.54 Å². The molecule has 0 N–H and O–H groups in total. The van der Waals surface area contributed by atoms with Crippen molar-refractivity contribution in [3.05, 3.63) is 58.0 Å². The van der Waals surface area contributed by atoms with Gasteiger partial charge in [-0.2, -0.15) is 0 Å². The van der Waals surface area contributed by atoms with Crippen LogP contribution >= 0.6 is 15.9 Å². The molecule has 0 bridgehead atoms. The van der Waals surface area contributed by atoms with Crippen molar-refractivity contribution < 1.29 is 9.21 Å². The molecule has 0 unspecified atom stereocenters. The zero-order valence-corrected chi connectivity index (χ0v) is 11.9. The lowest BCUT2D eigenvalue weighted by Gasteiger charge is -2.15. The fourth-order valence-corrected chi connectivity index (χ4v) is 1.96. The average molecular weight is 308 g/mol. The number of carbonyl (C=O) groups excluding carboxylic acids is 1. The van der Waals surface area contributed by atoms with Crippen LogP contribution in [-0.4, -0.2) is 17.9 Å². The summed E-state index contributed by atoms with van der Waals surface area (Å²) in [5.41, 5.74) is 2.31. The van der Waals surface area contributed by atoms with Crippen LogP contribution in [0.5, 0.6) is 0 Å². The molecule has 0 aliphatic carbocycles. The Morgan fingerprint density at radius 2 is 1.89 bits per heavy atom. The van der Waals surface area contributed by atoms with E-state index in [0.29, 0.717) is 17.0 Å². The van der Waals surface area contributed by atoms with Crippen molar-refractivity contribution in [2.45, 2.75) is 13.5 Å². The number of aryl methyl sites for hydroxylation is 1. The Bertz CT molecular complexity index is 545. The standard InChI is InChI=1S/C14H14BrNO2/c1-10-3-5-11(6-4-10)9-16(2)14(17)12-7-8-13(15)18-12/h3-8H,9H2,1-2H3. The topological polar surface area (TPSA) is 33.5 Å². The van der Waals surface area contributed by atoms with E-state index in [1.165, 1.54) is 5.56 Å². The molecule has 2 rings (SSSR count). The number of furan rings is 1. The van der Waals surface area contributed by atoms with Crippen molar-refractivity contribution in [2.75, 3.05) is 7.05 Å². The third-order valence-electron chi connectivity index (χ3n) is 2.67. The summed E-state index contributed by atoms with van der Waals surface area (Å²) in [6.45, 7) is 2.61. The molecule has 1 aromatic carbocycles. The number of hydrogen-bond donors (Lipinski definition) is 0. The van der Waals surface area contributed by atoms with Crippen LogP contribution in [0, 0.1) is 6.92 Å². The molecule has 1 aromatic heterocycles. The second kappa shape index (κ2) is 5.40. The zero-order chi connectivity index (χ0) is 13.1. The minimum atomic E-state index is -0.124. The van der Waals surface area contributed by atoms with E-state index in [2.05, 4.69) is 15.9 Å². The van der Waals surface area contributed by atoms with Gasteiger partial charge in [0, 0.05) is 13.6 Å². The summed E-state index contributed by atoms with van der Waals surface area (Å²) in [7, 11) is 1.76. The summed E-state index contributed by atoms with van der Waals surface area (Å²) in [5.74, 6) is 0.220. The zero-order valence-electron chi connectivity index (χ0n) is 10.3. The van der Waals surface area contributed by atoms with Gasteiger partial charge in [-0.3, -0.25) is 4.79 Å². The van der Waals surface area contributed by atoms with E-state index in [1.807, 2.05) is 31.2 Å². The highest BCUT2D eigenvalue weighted by atomic mass is 79.9. The molecule has 0 spiro atoms. The van der Waals surface area contributed by atoms with Crippen LogP contribution in [0.1, 0.15) is 21.7 Å². The average Bonchev–Trinajstić information content (AvgIpc) is 2.78. The van der Waals surface area contributed by atoms with Crippen molar-refractivity contribution >= 4 is 21.8 Å². The molecule has 0 saturated heterocycles. The number of amides is 1. The number of benzene rings is 1. The molecule has 94 valence electrons. The Morgan fingerprint density at radius 1 is 1.22 bits per heavy atom. The van der Waals surface area contributed by atoms with Gasteiger partial charge in [0.15, 0.2) is 10.4 Å². The molecule has 3 nitrogen and oxygen atoms in total. The fourth-order valence-electron chi connectivity index (χ4n) is 1.66. The van der Waals surface area contributed by atoms with E-state index in [1.54, 1.807) is 24.1 Å². The maximum absolute atomic E-state index is 12.0. The summed E-state index contributed by atoms with van der Waals surface area (Å²) >= 11 is 3.19. The molecule has 0 aliphatic heterocycles. The monoisotopic (exact) mass is 307 g/mol. The van der Waals surface area contributed by atoms with Gasteiger partial charge in [0.05, 0.1) is 0 Å². The lowest BCUT2D eigenvalue weighted by molar-refractivity contribution is 0.0752. The number of rotatable bonds is 3. The molecule has 0 atom stereocenters. The Morgan fingerprint density at radius 3 is 2.44 bits per heavy atom. The van der Waals surface area contributed by atoms with Crippen LogP contribution in [0.15, 0.2) is 45.5 Å². The van der Waals surface area contributed by atoms with Crippen molar-refractivity contribution in [1.82, 2.24) is 4.90 Å².